The maximum absolute atomic E-state index is 9.55. The number of piperazine rings is 1. The van der Waals surface area contributed by atoms with Crippen LogP contribution in [-0.4, -0.2) is 80.4 Å². The molecule has 3 aliphatic heterocycles. The lowest BCUT2D eigenvalue weighted by atomic mass is 9.83. The van der Waals surface area contributed by atoms with E-state index in [2.05, 4.69) is 36.2 Å². The largest absolute Gasteiger partial charge is 0.353 e. The lowest BCUT2D eigenvalue weighted by Gasteiger charge is -2.59. The van der Waals surface area contributed by atoms with Gasteiger partial charge in [0.05, 0.1) is 29.9 Å². The zero-order valence-corrected chi connectivity index (χ0v) is 17.5. The Kier molecular flexibility index (Phi) is 5.05. The Morgan fingerprint density at radius 1 is 1.27 bits per heavy atom. The molecule has 0 aliphatic carbocycles. The summed E-state index contributed by atoms with van der Waals surface area (Å²) >= 11 is 0. The summed E-state index contributed by atoms with van der Waals surface area (Å²) in [4.78, 5) is 16.5. The molecule has 2 aromatic heterocycles. The van der Waals surface area contributed by atoms with Gasteiger partial charge in [-0.2, -0.15) is 15.3 Å². The molecule has 2 aromatic rings. The highest BCUT2D eigenvalue weighted by atomic mass is 15.4. The van der Waals surface area contributed by atoms with E-state index >= 15 is 0 Å². The van der Waals surface area contributed by atoms with E-state index in [0.717, 1.165) is 44.2 Å². The minimum Gasteiger partial charge on any atom is -0.353 e. The van der Waals surface area contributed by atoms with Crippen LogP contribution in [0.15, 0.2) is 24.7 Å². The molecular formula is C21H29N9. The van der Waals surface area contributed by atoms with Crippen molar-refractivity contribution in [2.24, 2.45) is 7.05 Å². The Morgan fingerprint density at radius 2 is 2.17 bits per heavy atom. The molecule has 3 aliphatic rings. The first-order valence-corrected chi connectivity index (χ1v) is 10.8. The Balaban J connectivity index is 1.27. The smallest absolute Gasteiger partial charge is 0.229 e. The summed E-state index contributed by atoms with van der Waals surface area (Å²) in [6.07, 6.45) is 9.95. The lowest BCUT2D eigenvalue weighted by Crippen LogP contribution is -2.74. The summed E-state index contributed by atoms with van der Waals surface area (Å²) < 4.78 is 1.74. The van der Waals surface area contributed by atoms with Crippen LogP contribution in [0.25, 0.3) is 0 Å². The molecule has 3 fully saturated rings. The summed E-state index contributed by atoms with van der Waals surface area (Å²) in [5, 5.41) is 16.9. The fourth-order valence-corrected chi connectivity index (χ4v) is 5.18. The maximum atomic E-state index is 9.55. The molecule has 5 rings (SSSR count). The third-order valence-electron chi connectivity index (χ3n) is 6.81. The highest BCUT2D eigenvalue weighted by Crippen LogP contribution is 2.36. The molecule has 30 heavy (non-hydrogen) atoms. The minimum atomic E-state index is -0.0554. The van der Waals surface area contributed by atoms with Crippen LogP contribution >= 0.6 is 0 Å². The van der Waals surface area contributed by atoms with Crippen LogP contribution in [0.4, 0.5) is 17.5 Å². The van der Waals surface area contributed by atoms with Gasteiger partial charge in [0.25, 0.3) is 0 Å². The van der Waals surface area contributed by atoms with Crippen LogP contribution < -0.4 is 10.2 Å². The van der Waals surface area contributed by atoms with Crippen LogP contribution in [0.1, 0.15) is 25.7 Å². The third kappa shape index (κ3) is 3.61. The van der Waals surface area contributed by atoms with Gasteiger partial charge in [-0.05, 0) is 25.5 Å². The predicted molar refractivity (Wildman–Crippen MR) is 114 cm³/mol. The molecule has 3 saturated heterocycles. The minimum absolute atomic E-state index is 0.0554. The van der Waals surface area contributed by atoms with E-state index in [-0.39, 0.29) is 5.54 Å². The molecule has 0 saturated carbocycles. The summed E-state index contributed by atoms with van der Waals surface area (Å²) in [6.45, 7) is 6.21. The summed E-state index contributed by atoms with van der Waals surface area (Å²) in [5.41, 5.74) is 0.808. The van der Waals surface area contributed by atoms with Crippen molar-refractivity contribution in [2.75, 3.05) is 49.5 Å². The number of nitrogens with one attached hydrogen (secondary N) is 1. The van der Waals surface area contributed by atoms with Gasteiger partial charge in [-0.25, -0.2) is 4.98 Å². The van der Waals surface area contributed by atoms with Gasteiger partial charge in [-0.1, -0.05) is 6.42 Å². The van der Waals surface area contributed by atoms with E-state index in [1.165, 1.54) is 25.8 Å². The van der Waals surface area contributed by atoms with Crippen LogP contribution in [-0.2, 0) is 7.05 Å². The molecule has 0 amide bonds. The van der Waals surface area contributed by atoms with E-state index in [1.54, 1.807) is 17.1 Å². The van der Waals surface area contributed by atoms with Gasteiger partial charge in [0, 0.05) is 58.2 Å². The van der Waals surface area contributed by atoms with Crippen LogP contribution in [0.3, 0.4) is 0 Å². The average molecular weight is 408 g/mol. The molecule has 0 radical (unpaired) electrons. The van der Waals surface area contributed by atoms with Gasteiger partial charge >= 0.3 is 0 Å². The lowest BCUT2D eigenvalue weighted by molar-refractivity contribution is -0.0249. The Hall–Kier alpha value is -2.70. The Bertz CT molecular complexity index is 927. The molecule has 0 bridgehead atoms. The first kappa shape index (κ1) is 19.3. The number of fused-ring (bicyclic) bond motifs is 1. The number of piperidine rings is 1. The number of anilines is 3. The third-order valence-corrected chi connectivity index (χ3v) is 6.81. The summed E-state index contributed by atoms with van der Waals surface area (Å²) in [6, 6.07) is 5.07. The van der Waals surface area contributed by atoms with Crippen molar-refractivity contribution in [3.8, 4) is 6.07 Å². The molecule has 9 nitrogen and oxygen atoms in total. The van der Waals surface area contributed by atoms with Crippen molar-refractivity contribution < 1.29 is 0 Å². The highest BCUT2D eigenvalue weighted by Gasteiger charge is 2.50. The highest BCUT2D eigenvalue weighted by molar-refractivity contribution is 5.54. The van der Waals surface area contributed by atoms with Gasteiger partial charge in [0.15, 0.2) is 0 Å². The Morgan fingerprint density at radius 3 is 2.97 bits per heavy atom. The van der Waals surface area contributed by atoms with E-state index in [1.807, 2.05) is 19.3 Å². The first-order chi connectivity index (χ1) is 14.6. The van der Waals surface area contributed by atoms with Crippen molar-refractivity contribution in [1.82, 2.24) is 29.5 Å². The normalized spacial score (nSPS) is 24.0. The summed E-state index contributed by atoms with van der Waals surface area (Å²) in [7, 11) is 1.88. The molecule has 0 unspecified atom stereocenters. The molecule has 9 heteroatoms. The van der Waals surface area contributed by atoms with E-state index in [4.69, 9.17) is 4.98 Å². The van der Waals surface area contributed by atoms with Gasteiger partial charge in [-0.15, -0.1) is 0 Å². The standard InChI is InChI=1S/C21H29N9/c1-27-13-17(12-24-27)25-20-23-8-5-19(26-20)29-15-21(16-29,6-7-22)30-11-10-28-9-3-2-4-18(28)14-30/h5,8,12-13,18H,2-4,6,9-11,14-16H2,1H3,(H,23,25,26)/t18-/m0/s1. The van der Waals surface area contributed by atoms with Gasteiger partial charge in [0.1, 0.15) is 5.82 Å². The van der Waals surface area contributed by atoms with Crippen molar-refractivity contribution in [2.45, 2.75) is 37.3 Å². The number of nitrogens with zero attached hydrogens (tertiary/aromatic N) is 8. The fraction of sp³-hybridized carbons (Fsp3) is 0.619. The topological polar surface area (TPSA) is 89.1 Å². The number of hydrogen-bond donors (Lipinski definition) is 1. The van der Waals surface area contributed by atoms with E-state index < -0.39 is 0 Å². The van der Waals surface area contributed by atoms with Crippen molar-refractivity contribution in [3.63, 3.8) is 0 Å². The van der Waals surface area contributed by atoms with Crippen LogP contribution in [0.2, 0.25) is 0 Å². The van der Waals surface area contributed by atoms with Crippen molar-refractivity contribution in [3.05, 3.63) is 24.7 Å². The monoisotopic (exact) mass is 407 g/mol. The molecular weight excluding hydrogens is 378 g/mol. The van der Waals surface area contributed by atoms with Crippen molar-refractivity contribution in [1.29, 1.82) is 5.26 Å². The van der Waals surface area contributed by atoms with Crippen LogP contribution in [0, 0.1) is 11.3 Å². The first-order valence-electron chi connectivity index (χ1n) is 10.8. The number of aryl methyl sites for hydroxylation is 1. The molecule has 0 aromatic carbocycles. The molecule has 5 heterocycles. The number of aromatic nitrogens is 4. The quantitative estimate of drug-likeness (QED) is 0.799. The maximum Gasteiger partial charge on any atom is 0.229 e. The zero-order chi connectivity index (χ0) is 20.6. The predicted octanol–water partition coefficient (Wildman–Crippen LogP) is 1.60. The second-order valence-electron chi connectivity index (χ2n) is 8.81. The summed E-state index contributed by atoms with van der Waals surface area (Å²) in [5.74, 6) is 1.47. The van der Waals surface area contributed by atoms with Gasteiger partial charge in [-0.3, -0.25) is 14.5 Å². The average Bonchev–Trinajstić information content (AvgIpc) is 3.14. The second kappa shape index (κ2) is 7.85. The molecule has 1 atom stereocenters. The van der Waals surface area contributed by atoms with Crippen molar-refractivity contribution >= 4 is 17.5 Å². The number of nitriles is 1. The second-order valence-corrected chi connectivity index (χ2v) is 8.81. The SMILES string of the molecule is Cn1cc(Nc2nccc(N3CC(CC#N)(N4CCN5CCCC[C@H]5C4)C3)n2)cn1. The Labute approximate surface area is 177 Å². The number of rotatable bonds is 5. The molecule has 158 valence electrons. The fourth-order valence-electron chi connectivity index (χ4n) is 5.18. The molecule has 1 N–H and O–H groups in total. The van der Waals surface area contributed by atoms with Crippen LogP contribution in [0.5, 0.6) is 0 Å². The van der Waals surface area contributed by atoms with Gasteiger partial charge in [0.2, 0.25) is 5.95 Å². The van der Waals surface area contributed by atoms with E-state index in [9.17, 15) is 5.26 Å². The zero-order valence-electron chi connectivity index (χ0n) is 17.5. The van der Waals surface area contributed by atoms with Gasteiger partial charge < -0.3 is 10.2 Å². The van der Waals surface area contributed by atoms with E-state index in [0.29, 0.717) is 18.4 Å². The number of hydrogen-bond acceptors (Lipinski definition) is 8. The molecule has 0 spiro atoms.